The number of hydrogen-bond acceptors (Lipinski definition) is 4. The van der Waals surface area contributed by atoms with Crippen LogP contribution in [0.3, 0.4) is 0 Å². The number of aromatic amines is 1. The molecule has 0 saturated carbocycles. The van der Waals surface area contributed by atoms with E-state index in [0.717, 1.165) is 16.7 Å². The number of nitrogens with one attached hydrogen (secondary N) is 1. The first-order valence-corrected chi connectivity index (χ1v) is 12.7. The van der Waals surface area contributed by atoms with Crippen LogP contribution in [0.25, 0.3) is 0 Å². The summed E-state index contributed by atoms with van der Waals surface area (Å²) in [5, 5.41) is 0. The van der Waals surface area contributed by atoms with Crippen molar-refractivity contribution in [2.24, 2.45) is 0 Å². The molecule has 0 unspecified atom stereocenters. The lowest BCUT2D eigenvalue weighted by molar-refractivity contribution is -0.103. The van der Waals surface area contributed by atoms with Crippen LogP contribution in [0.15, 0.2) is 131 Å². The maximum absolute atomic E-state index is 12.5. The van der Waals surface area contributed by atoms with Crippen molar-refractivity contribution in [2.75, 3.05) is 6.61 Å². The lowest BCUT2D eigenvalue weighted by atomic mass is 9.80. The number of benzene rings is 3. The molecule has 192 valence electrons. The highest BCUT2D eigenvalue weighted by Gasteiger charge is 2.42. The number of halogens is 1. The Morgan fingerprint density at radius 1 is 0.947 bits per heavy atom. The fourth-order valence-electron chi connectivity index (χ4n) is 4.79. The number of ether oxygens (including phenoxy) is 2. The zero-order chi connectivity index (χ0) is 26.6. The minimum Gasteiger partial charge on any atom is -0.357 e. The molecular weight excluding hydrogens is 500 g/mol. The summed E-state index contributed by atoms with van der Waals surface area (Å²) in [6.07, 6.45) is 6.01. The molecule has 6 nitrogen and oxygen atoms in total. The van der Waals surface area contributed by atoms with E-state index in [1.807, 2.05) is 97.1 Å². The Bertz CT molecular complexity index is 1470. The number of nitrogens with zero attached hydrogens (tertiary/aromatic N) is 1. The normalized spacial score (nSPS) is 19.3. The maximum Gasteiger partial charge on any atom is 0.330 e. The monoisotopic (exact) mass is 526 g/mol. The summed E-state index contributed by atoms with van der Waals surface area (Å²) in [6, 6.07) is 30.1. The molecule has 2 heterocycles. The molecule has 1 N–H and O–H groups in total. The van der Waals surface area contributed by atoms with Crippen molar-refractivity contribution in [1.82, 2.24) is 9.55 Å². The second-order valence-electron chi connectivity index (χ2n) is 9.16. The molecule has 4 aromatic rings. The van der Waals surface area contributed by atoms with Crippen molar-refractivity contribution in [1.29, 1.82) is 0 Å². The molecule has 1 aliphatic rings. The third kappa shape index (κ3) is 4.82. The highest BCUT2D eigenvalue weighted by molar-refractivity contribution is 6.25. The van der Waals surface area contributed by atoms with Gasteiger partial charge < -0.3 is 9.47 Å². The molecule has 2 atom stereocenters. The largest absolute Gasteiger partial charge is 0.357 e. The van der Waals surface area contributed by atoms with Gasteiger partial charge in [0, 0.05) is 17.3 Å². The van der Waals surface area contributed by atoms with Crippen LogP contribution >= 0.6 is 11.6 Å². The number of rotatable bonds is 8. The molecule has 0 spiro atoms. The third-order valence-electron chi connectivity index (χ3n) is 6.70. The van der Waals surface area contributed by atoms with Gasteiger partial charge in [-0.2, -0.15) is 0 Å². The van der Waals surface area contributed by atoms with Crippen LogP contribution < -0.4 is 11.2 Å². The Hall–Kier alpha value is -3.97. The summed E-state index contributed by atoms with van der Waals surface area (Å²) in [5.74, 6) is 0. The minimum absolute atomic E-state index is 0.0823. The van der Waals surface area contributed by atoms with Gasteiger partial charge in [0.1, 0.15) is 11.2 Å². The van der Waals surface area contributed by atoms with Gasteiger partial charge in [-0.1, -0.05) is 103 Å². The van der Waals surface area contributed by atoms with Crippen LogP contribution in [0.2, 0.25) is 0 Å². The summed E-state index contributed by atoms with van der Waals surface area (Å²) in [4.78, 5) is 26.7. The van der Waals surface area contributed by atoms with Gasteiger partial charge in [-0.05, 0) is 41.8 Å². The molecule has 5 rings (SSSR count). The first-order chi connectivity index (χ1) is 18.5. The van der Waals surface area contributed by atoms with E-state index < -0.39 is 28.7 Å². The molecule has 0 amide bonds. The Labute approximate surface area is 225 Å². The molecule has 1 aromatic heterocycles. The van der Waals surface area contributed by atoms with Crippen LogP contribution in [0.5, 0.6) is 0 Å². The third-order valence-corrected chi connectivity index (χ3v) is 6.83. The summed E-state index contributed by atoms with van der Waals surface area (Å²) >= 11 is 6.08. The second kappa shape index (κ2) is 10.8. The van der Waals surface area contributed by atoms with Gasteiger partial charge in [-0.3, -0.25) is 14.3 Å². The smallest absolute Gasteiger partial charge is 0.330 e. The van der Waals surface area contributed by atoms with E-state index in [2.05, 4.69) is 4.98 Å². The van der Waals surface area contributed by atoms with E-state index in [1.165, 1.54) is 16.3 Å². The summed E-state index contributed by atoms with van der Waals surface area (Å²) in [7, 11) is 0. The van der Waals surface area contributed by atoms with Crippen LogP contribution in [0.4, 0.5) is 0 Å². The van der Waals surface area contributed by atoms with Gasteiger partial charge in [0.15, 0.2) is 6.23 Å². The summed E-state index contributed by atoms with van der Waals surface area (Å²) < 4.78 is 14.7. The van der Waals surface area contributed by atoms with Crippen molar-refractivity contribution in [2.45, 2.75) is 24.4 Å². The Kier molecular flexibility index (Phi) is 7.29. The fraction of sp³-hybridized carbons (Fsp3) is 0.161. The first-order valence-electron chi connectivity index (χ1n) is 12.3. The van der Waals surface area contributed by atoms with E-state index in [1.54, 1.807) is 19.1 Å². The van der Waals surface area contributed by atoms with Gasteiger partial charge in [0.2, 0.25) is 0 Å². The molecule has 0 saturated heterocycles. The van der Waals surface area contributed by atoms with E-state index in [9.17, 15) is 9.59 Å². The SMILES string of the molecule is Cc1cn([C@H]2C=C[C@@](/C=C\Cl)(COC(c3ccccc3)(c3ccccc3)c3ccccc3)O2)c(=O)[nH]c1=O. The van der Waals surface area contributed by atoms with Crippen LogP contribution in [0.1, 0.15) is 28.5 Å². The second-order valence-corrected chi connectivity index (χ2v) is 9.41. The van der Waals surface area contributed by atoms with Gasteiger partial charge in [-0.25, -0.2) is 4.79 Å². The fourth-order valence-corrected chi connectivity index (χ4v) is 5.01. The Morgan fingerprint density at radius 2 is 1.47 bits per heavy atom. The highest BCUT2D eigenvalue weighted by Crippen LogP contribution is 2.42. The molecule has 7 heteroatoms. The van der Waals surface area contributed by atoms with Gasteiger partial charge in [-0.15, -0.1) is 0 Å². The maximum atomic E-state index is 12.5. The van der Waals surface area contributed by atoms with Gasteiger partial charge in [0.25, 0.3) is 5.56 Å². The summed E-state index contributed by atoms with van der Waals surface area (Å²) in [5.41, 5.74) is 1.62. The van der Waals surface area contributed by atoms with E-state index in [4.69, 9.17) is 21.1 Å². The van der Waals surface area contributed by atoms with E-state index in [-0.39, 0.29) is 6.61 Å². The molecule has 38 heavy (non-hydrogen) atoms. The number of aryl methyl sites for hydroxylation is 1. The highest BCUT2D eigenvalue weighted by atomic mass is 35.5. The van der Waals surface area contributed by atoms with Crippen LogP contribution in [-0.2, 0) is 15.1 Å². The predicted molar refractivity (Wildman–Crippen MR) is 148 cm³/mol. The molecule has 0 fully saturated rings. The Morgan fingerprint density at radius 3 is 1.97 bits per heavy atom. The average molecular weight is 527 g/mol. The zero-order valence-corrected chi connectivity index (χ0v) is 21.5. The lowest BCUT2D eigenvalue weighted by Crippen LogP contribution is -2.41. The van der Waals surface area contributed by atoms with Crippen molar-refractivity contribution in [3.8, 4) is 0 Å². The minimum atomic E-state index is -1.07. The average Bonchev–Trinajstić information content (AvgIpc) is 3.37. The number of aromatic nitrogens is 2. The number of hydrogen-bond donors (Lipinski definition) is 1. The molecule has 0 aliphatic carbocycles. The van der Waals surface area contributed by atoms with Crippen molar-refractivity contribution in [3.05, 3.63) is 164 Å². The standard InChI is InChI=1S/C31H27ClN2O4/c1-23-21-34(29(36)33-28(23)35)27-17-18-30(38-27,19-20-32)22-37-31(24-11-5-2-6-12-24,25-13-7-3-8-14-25)26-15-9-4-10-16-26/h2-21,27H,22H2,1H3,(H,33,35,36)/b20-19-/t27-,30-/m1/s1. The van der Waals surface area contributed by atoms with Gasteiger partial charge >= 0.3 is 5.69 Å². The van der Waals surface area contributed by atoms with E-state index in [0.29, 0.717) is 5.56 Å². The van der Waals surface area contributed by atoms with E-state index >= 15 is 0 Å². The Balaban J connectivity index is 1.57. The van der Waals surface area contributed by atoms with Crippen molar-refractivity contribution >= 4 is 11.6 Å². The zero-order valence-electron chi connectivity index (χ0n) is 20.8. The van der Waals surface area contributed by atoms with Crippen molar-refractivity contribution in [3.63, 3.8) is 0 Å². The van der Waals surface area contributed by atoms with Crippen molar-refractivity contribution < 1.29 is 9.47 Å². The summed E-state index contributed by atoms with van der Waals surface area (Å²) in [6.45, 7) is 1.72. The topological polar surface area (TPSA) is 73.3 Å². The van der Waals surface area contributed by atoms with Crippen LogP contribution in [-0.4, -0.2) is 21.8 Å². The lowest BCUT2D eigenvalue weighted by Gasteiger charge is -2.38. The van der Waals surface area contributed by atoms with Gasteiger partial charge in [0.05, 0.1) is 6.61 Å². The predicted octanol–water partition coefficient (Wildman–Crippen LogP) is 5.43. The molecule has 3 aromatic carbocycles. The number of H-pyrrole nitrogens is 1. The molecule has 1 aliphatic heterocycles. The molecule has 0 bridgehead atoms. The van der Waals surface area contributed by atoms with Crippen LogP contribution in [0, 0.1) is 6.92 Å². The molecular formula is C31H27ClN2O4. The first kappa shape index (κ1) is 25.7. The molecule has 0 radical (unpaired) electrons. The quantitative estimate of drug-likeness (QED) is 0.245.